The summed E-state index contributed by atoms with van der Waals surface area (Å²) in [4.78, 5) is 72.6. The Hall–Kier alpha value is -1.94. The smallest absolute Gasteiger partial charge is 0.462 e. The van der Waals surface area contributed by atoms with Crippen molar-refractivity contribution in [1.82, 2.24) is 0 Å². The maximum Gasteiger partial charge on any atom is 0.472 e. The van der Waals surface area contributed by atoms with Gasteiger partial charge in [-0.1, -0.05) is 299 Å². The van der Waals surface area contributed by atoms with Gasteiger partial charge in [-0.2, -0.15) is 0 Å². The molecule has 0 rings (SSSR count). The molecular formula is C70H136O17P2. The molecular weight excluding hydrogens is 1170 g/mol. The van der Waals surface area contributed by atoms with E-state index in [0.29, 0.717) is 25.7 Å². The second-order valence-corrected chi connectivity index (χ2v) is 29.4. The monoisotopic (exact) mass is 1310 g/mol. The molecule has 0 saturated heterocycles. The lowest BCUT2D eigenvalue weighted by molar-refractivity contribution is -0.161. The highest BCUT2D eigenvalue weighted by molar-refractivity contribution is 7.47. The number of aliphatic hydroxyl groups is 1. The van der Waals surface area contributed by atoms with Gasteiger partial charge in [0, 0.05) is 25.7 Å². The predicted octanol–water partition coefficient (Wildman–Crippen LogP) is 19.8. The van der Waals surface area contributed by atoms with Gasteiger partial charge in [0.2, 0.25) is 0 Å². The number of carbonyl (C=O) groups is 4. The molecule has 0 aromatic rings. The van der Waals surface area contributed by atoms with Crippen molar-refractivity contribution in [3.8, 4) is 0 Å². The first-order valence-corrected chi connectivity index (χ1v) is 39.4. The Labute approximate surface area is 543 Å². The number of ether oxygens (including phenoxy) is 4. The van der Waals surface area contributed by atoms with Crippen LogP contribution >= 0.6 is 15.6 Å². The first-order valence-electron chi connectivity index (χ1n) is 36.4. The summed E-state index contributed by atoms with van der Waals surface area (Å²) in [5.74, 6) is 0.121. The molecule has 0 aromatic heterocycles. The van der Waals surface area contributed by atoms with Crippen LogP contribution in [0.3, 0.4) is 0 Å². The fraction of sp³-hybridized carbons (Fsp3) is 0.943. The summed E-state index contributed by atoms with van der Waals surface area (Å²) in [5, 5.41) is 10.6. The van der Waals surface area contributed by atoms with Crippen LogP contribution in [0.2, 0.25) is 0 Å². The van der Waals surface area contributed by atoms with Gasteiger partial charge in [0.05, 0.1) is 26.4 Å². The normalized spacial score (nSPS) is 14.5. The minimum absolute atomic E-state index is 0.104. The van der Waals surface area contributed by atoms with Crippen molar-refractivity contribution in [3.63, 3.8) is 0 Å². The lowest BCUT2D eigenvalue weighted by Crippen LogP contribution is -2.30. The fourth-order valence-corrected chi connectivity index (χ4v) is 12.1. The molecule has 0 amide bonds. The van der Waals surface area contributed by atoms with Crippen LogP contribution in [-0.2, 0) is 65.4 Å². The van der Waals surface area contributed by atoms with Gasteiger partial charge in [0.25, 0.3) is 0 Å². The zero-order valence-electron chi connectivity index (χ0n) is 57.9. The SMILES string of the molecule is CCCCCCCCCCCCCCCC(=O)OC[C@H](COP(=O)(O)OC[C@@H](O)COP(=O)(O)OC[C@@H](COC(=O)CCCCCCCCCCC(C)C)OC(=O)CCCCCCCCCCC(C)CC)OC(=O)CCCCCCCCCCCCC(C)C. The second kappa shape index (κ2) is 61.0. The van der Waals surface area contributed by atoms with Gasteiger partial charge in [-0.3, -0.25) is 37.3 Å². The molecule has 19 heteroatoms. The standard InChI is InChI=1S/C70H136O17P2/c1-8-10-11-12-13-14-15-16-17-21-30-37-44-51-67(72)80-57-65(86-69(74)53-46-39-32-22-19-18-20-27-34-41-48-61(3)4)59-84-88(76,77)82-55-64(71)56-83-89(78,79)85-60-66(58-81-68(73)52-45-38-31-25-23-28-35-42-49-62(5)6)87-70(75)54-47-40-33-26-24-29-36-43-50-63(7)9-2/h61-66,71H,8-60H2,1-7H3,(H,76,77)(H,78,79)/t63?,64-,65-,66-/m1/s1. The lowest BCUT2D eigenvalue weighted by atomic mass is 9.99. The third-order valence-electron chi connectivity index (χ3n) is 16.5. The molecule has 3 N–H and O–H groups in total. The summed E-state index contributed by atoms with van der Waals surface area (Å²) in [6, 6.07) is 0. The van der Waals surface area contributed by atoms with E-state index < -0.39 is 97.5 Å². The Morgan fingerprint density at radius 1 is 0.326 bits per heavy atom. The zero-order chi connectivity index (χ0) is 65.9. The van der Waals surface area contributed by atoms with Crippen molar-refractivity contribution >= 4 is 39.5 Å². The number of hydrogen-bond donors (Lipinski definition) is 3. The summed E-state index contributed by atoms with van der Waals surface area (Å²) in [6.45, 7) is 11.8. The molecule has 6 atom stereocenters. The average molecular weight is 1310 g/mol. The van der Waals surface area contributed by atoms with Crippen LogP contribution in [0.5, 0.6) is 0 Å². The Balaban J connectivity index is 5.27. The topological polar surface area (TPSA) is 237 Å². The minimum atomic E-state index is -4.95. The maximum atomic E-state index is 13.0. The largest absolute Gasteiger partial charge is 0.472 e. The molecule has 0 aliphatic heterocycles. The highest BCUT2D eigenvalue weighted by Crippen LogP contribution is 2.45. The van der Waals surface area contributed by atoms with E-state index in [1.54, 1.807) is 0 Å². The number of carbonyl (C=O) groups excluding carboxylic acids is 4. The Morgan fingerprint density at radius 3 is 0.854 bits per heavy atom. The summed E-state index contributed by atoms with van der Waals surface area (Å²) in [7, 11) is -9.90. The van der Waals surface area contributed by atoms with E-state index in [0.717, 1.165) is 108 Å². The molecule has 0 aliphatic rings. The van der Waals surface area contributed by atoms with E-state index in [1.807, 2.05) is 0 Å². The number of phosphoric acid groups is 2. The molecule has 0 aromatic carbocycles. The third kappa shape index (κ3) is 63.2. The highest BCUT2D eigenvalue weighted by Gasteiger charge is 2.30. The number of hydrogen-bond acceptors (Lipinski definition) is 15. The molecule has 17 nitrogen and oxygen atoms in total. The number of rotatable bonds is 68. The molecule has 528 valence electrons. The molecule has 3 unspecified atom stereocenters. The first kappa shape index (κ1) is 87.1. The highest BCUT2D eigenvalue weighted by atomic mass is 31.2. The van der Waals surface area contributed by atoms with Gasteiger partial charge in [0.1, 0.15) is 19.3 Å². The van der Waals surface area contributed by atoms with Crippen LogP contribution in [0, 0.1) is 17.8 Å². The quantitative estimate of drug-likeness (QED) is 0.0222. The number of unbranched alkanes of at least 4 members (excludes halogenated alkanes) is 35. The molecule has 0 aliphatic carbocycles. The van der Waals surface area contributed by atoms with Crippen molar-refractivity contribution in [1.29, 1.82) is 0 Å². The van der Waals surface area contributed by atoms with Crippen molar-refractivity contribution in [3.05, 3.63) is 0 Å². The van der Waals surface area contributed by atoms with Crippen LogP contribution in [-0.4, -0.2) is 96.7 Å². The predicted molar refractivity (Wildman–Crippen MR) is 358 cm³/mol. The molecule has 0 radical (unpaired) electrons. The molecule has 0 fully saturated rings. The zero-order valence-corrected chi connectivity index (χ0v) is 59.7. The van der Waals surface area contributed by atoms with Crippen LogP contribution in [0.1, 0.15) is 350 Å². The number of esters is 4. The summed E-state index contributed by atoms with van der Waals surface area (Å²) in [5.41, 5.74) is 0. The van der Waals surface area contributed by atoms with E-state index in [4.69, 9.17) is 37.0 Å². The maximum absolute atomic E-state index is 13.0. The minimum Gasteiger partial charge on any atom is -0.462 e. The molecule has 0 spiro atoms. The third-order valence-corrected chi connectivity index (χ3v) is 18.4. The van der Waals surface area contributed by atoms with Crippen LogP contribution in [0.25, 0.3) is 0 Å². The molecule has 89 heavy (non-hydrogen) atoms. The van der Waals surface area contributed by atoms with Gasteiger partial charge in [-0.25, -0.2) is 9.13 Å². The molecule has 0 saturated carbocycles. The van der Waals surface area contributed by atoms with Gasteiger partial charge < -0.3 is 33.8 Å². The van der Waals surface area contributed by atoms with Crippen molar-refractivity contribution in [2.45, 2.75) is 369 Å². The summed E-state index contributed by atoms with van der Waals surface area (Å²) >= 11 is 0. The lowest BCUT2D eigenvalue weighted by Gasteiger charge is -2.21. The van der Waals surface area contributed by atoms with E-state index in [2.05, 4.69) is 48.5 Å². The summed E-state index contributed by atoms with van der Waals surface area (Å²) < 4.78 is 68.3. The van der Waals surface area contributed by atoms with E-state index in [1.165, 1.54) is 161 Å². The number of aliphatic hydroxyl groups excluding tert-OH is 1. The van der Waals surface area contributed by atoms with E-state index in [-0.39, 0.29) is 25.7 Å². The Morgan fingerprint density at radius 2 is 0.573 bits per heavy atom. The van der Waals surface area contributed by atoms with Crippen LogP contribution in [0.15, 0.2) is 0 Å². The van der Waals surface area contributed by atoms with Gasteiger partial charge in [0.15, 0.2) is 12.2 Å². The van der Waals surface area contributed by atoms with Crippen molar-refractivity contribution in [2.75, 3.05) is 39.6 Å². The Bertz CT molecular complexity index is 1750. The van der Waals surface area contributed by atoms with E-state index in [9.17, 15) is 43.2 Å². The molecule has 0 heterocycles. The second-order valence-electron chi connectivity index (χ2n) is 26.5. The van der Waals surface area contributed by atoms with Crippen molar-refractivity contribution < 1.29 is 80.2 Å². The van der Waals surface area contributed by atoms with Gasteiger partial charge in [-0.15, -0.1) is 0 Å². The Kier molecular flexibility index (Phi) is 59.6. The van der Waals surface area contributed by atoms with Crippen LogP contribution < -0.4 is 0 Å². The average Bonchev–Trinajstić information content (AvgIpc) is 3.71. The van der Waals surface area contributed by atoms with Crippen LogP contribution in [0.4, 0.5) is 0 Å². The van der Waals surface area contributed by atoms with Gasteiger partial charge >= 0.3 is 39.5 Å². The van der Waals surface area contributed by atoms with E-state index >= 15 is 0 Å². The van der Waals surface area contributed by atoms with Crippen molar-refractivity contribution in [2.24, 2.45) is 17.8 Å². The van der Waals surface area contributed by atoms with Gasteiger partial charge in [-0.05, 0) is 43.4 Å². The summed E-state index contributed by atoms with van der Waals surface area (Å²) in [6.07, 6.45) is 44.3. The molecule has 0 bridgehead atoms. The number of phosphoric ester groups is 2. The first-order chi connectivity index (χ1) is 42.8. The fourth-order valence-electron chi connectivity index (χ4n) is 10.5.